The second-order valence-electron chi connectivity index (χ2n) is 5.84. The molecule has 1 aromatic heterocycles. The monoisotopic (exact) mass is 299 g/mol. The Morgan fingerprint density at radius 2 is 1.81 bits per heavy atom. The minimum Gasteiger partial charge on any atom is -0.339 e. The maximum Gasteiger partial charge on any atom is 0.254 e. The van der Waals surface area contributed by atoms with Gasteiger partial charge in [-0.1, -0.05) is 30.3 Å². The molecule has 1 aliphatic rings. The molecule has 1 aliphatic carbocycles. The van der Waals surface area contributed by atoms with E-state index in [1.165, 1.54) is 18.4 Å². The third-order valence-corrected chi connectivity index (χ3v) is 5.29. The maximum atomic E-state index is 12.4. The van der Waals surface area contributed by atoms with Gasteiger partial charge < -0.3 is 4.90 Å². The Kier molecular flexibility index (Phi) is 4.39. The number of thiophene rings is 1. The molecule has 3 rings (SSSR count). The first-order valence-corrected chi connectivity index (χ1v) is 8.54. The highest BCUT2D eigenvalue weighted by Gasteiger charge is 2.27. The van der Waals surface area contributed by atoms with E-state index in [-0.39, 0.29) is 5.91 Å². The van der Waals surface area contributed by atoms with E-state index in [4.69, 9.17) is 0 Å². The van der Waals surface area contributed by atoms with Crippen LogP contribution >= 0.6 is 11.3 Å². The SMILES string of the molecule is CN(C(=O)c1ccsc1)C1CCC(c2ccccc2)CC1. The quantitative estimate of drug-likeness (QED) is 0.814. The fourth-order valence-corrected chi connectivity index (χ4v) is 3.91. The van der Waals surface area contributed by atoms with Crippen LogP contribution in [0.2, 0.25) is 0 Å². The van der Waals surface area contributed by atoms with Crippen LogP contribution in [0, 0.1) is 0 Å². The Balaban J connectivity index is 1.59. The highest BCUT2D eigenvalue weighted by atomic mass is 32.1. The summed E-state index contributed by atoms with van der Waals surface area (Å²) < 4.78 is 0. The topological polar surface area (TPSA) is 20.3 Å². The van der Waals surface area contributed by atoms with Crippen LogP contribution in [0.15, 0.2) is 47.2 Å². The van der Waals surface area contributed by atoms with Gasteiger partial charge >= 0.3 is 0 Å². The minimum absolute atomic E-state index is 0.166. The zero-order valence-electron chi connectivity index (χ0n) is 12.4. The standard InChI is InChI=1S/C18H21NOS/c1-19(18(20)16-11-12-21-13-16)17-9-7-15(8-10-17)14-5-3-2-4-6-14/h2-6,11-13,15,17H,7-10H2,1H3. The molecule has 1 fully saturated rings. The first-order valence-electron chi connectivity index (χ1n) is 7.60. The molecule has 2 aromatic rings. The summed E-state index contributed by atoms with van der Waals surface area (Å²) in [5.41, 5.74) is 2.27. The van der Waals surface area contributed by atoms with Gasteiger partial charge in [-0.3, -0.25) is 4.79 Å². The highest BCUT2D eigenvalue weighted by Crippen LogP contribution is 2.34. The third kappa shape index (κ3) is 3.18. The van der Waals surface area contributed by atoms with E-state index in [1.807, 2.05) is 28.8 Å². The van der Waals surface area contributed by atoms with E-state index in [1.54, 1.807) is 11.3 Å². The summed E-state index contributed by atoms with van der Waals surface area (Å²) in [6.45, 7) is 0. The smallest absolute Gasteiger partial charge is 0.254 e. The van der Waals surface area contributed by atoms with Gasteiger partial charge in [-0.2, -0.15) is 11.3 Å². The van der Waals surface area contributed by atoms with Crippen molar-refractivity contribution >= 4 is 17.2 Å². The summed E-state index contributed by atoms with van der Waals surface area (Å²) in [4.78, 5) is 14.3. The van der Waals surface area contributed by atoms with Crippen molar-refractivity contribution in [2.45, 2.75) is 37.6 Å². The summed E-state index contributed by atoms with van der Waals surface area (Å²) >= 11 is 1.58. The number of hydrogen-bond donors (Lipinski definition) is 0. The molecule has 1 amide bonds. The maximum absolute atomic E-state index is 12.4. The van der Waals surface area contributed by atoms with Crippen LogP contribution in [0.25, 0.3) is 0 Å². The molecule has 2 nitrogen and oxygen atoms in total. The molecule has 0 bridgehead atoms. The Morgan fingerprint density at radius 1 is 1.10 bits per heavy atom. The molecule has 3 heteroatoms. The number of carbonyl (C=O) groups is 1. The fraction of sp³-hybridized carbons (Fsp3) is 0.389. The summed E-state index contributed by atoms with van der Waals surface area (Å²) in [7, 11) is 1.95. The normalized spacial score (nSPS) is 22.0. The van der Waals surface area contributed by atoms with Crippen LogP contribution in [0.4, 0.5) is 0 Å². The van der Waals surface area contributed by atoms with E-state index >= 15 is 0 Å². The number of benzene rings is 1. The third-order valence-electron chi connectivity index (χ3n) is 4.60. The zero-order chi connectivity index (χ0) is 14.7. The second-order valence-corrected chi connectivity index (χ2v) is 6.62. The molecule has 0 atom stereocenters. The molecule has 0 radical (unpaired) electrons. The van der Waals surface area contributed by atoms with Gasteiger partial charge in [-0.15, -0.1) is 0 Å². The Morgan fingerprint density at radius 3 is 2.43 bits per heavy atom. The van der Waals surface area contributed by atoms with Gasteiger partial charge in [-0.05, 0) is 48.6 Å². The van der Waals surface area contributed by atoms with Gasteiger partial charge in [0.05, 0.1) is 5.56 Å². The molecular weight excluding hydrogens is 278 g/mol. The second kappa shape index (κ2) is 6.44. The Bertz CT molecular complexity index is 571. The molecule has 21 heavy (non-hydrogen) atoms. The predicted molar refractivity (Wildman–Crippen MR) is 87.9 cm³/mol. The Hall–Kier alpha value is -1.61. The van der Waals surface area contributed by atoms with Crippen molar-refractivity contribution < 1.29 is 4.79 Å². The van der Waals surface area contributed by atoms with Crippen molar-refractivity contribution in [1.29, 1.82) is 0 Å². The van der Waals surface area contributed by atoms with Crippen LogP contribution in [0.1, 0.15) is 47.5 Å². The van der Waals surface area contributed by atoms with Crippen LogP contribution < -0.4 is 0 Å². The Labute approximate surface area is 130 Å². The summed E-state index contributed by atoms with van der Waals surface area (Å²) in [6.07, 6.45) is 4.56. The minimum atomic E-state index is 0.166. The lowest BCUT2D eigenvalue weighted by atomic mass is 9.81. The number of nitrogens with zero attached hydrogens (tertiary/aromatic N) is 1. The summed E-state index contributed by atoms with van der Waals surface area (Å²) in [5.74, 6) is 0.825. The zero-order valence-corrected chi connectivity index (χ0v) is 13.2. The van der Waals surface area contributed by atoms with Crippen LogP contribution in [0.3, 0.4) is 0 Å². The summed E-state index contributed by atoms with van der Waals surface area (Å²) in [6, 6.07) is 13.1. The lowest BCUT2D eigenvalue weighted by molar-refractivity contribution is 0.0690. The molecule has 1 heterocycles. The predicted octanol–water partition coefficient (Wildman–Crippen LogP) is 4.55. The first-order chi connectivity index (χ1) is 10.3. The molecule has 1 aromatic carbocycles. The van der Waals surface area contributed by atoms with Gasteiger partial charge in [-0.25, -0.2) is 0 Å². The van der Waals surface area contributed by atoms with Gasteiger partial charge in [0.2, 0.25) is 0 Å². The van der Waals surface area contributed by atoms with Crippen molar-refractivity contribution in [3.63, 3.8) is 0 Å². The average Bonchev–Trinajstić information content (AvgIpc) is 3.09. The molecule has 0 unspecified atom stereocenters. The van der Waals surface area contributed by atoms with E-state index < -0.39 is 0 Å². The number of carbonyl (C=O) groups excluding carboxylic acids is 1. The number of rotatable bonds is 3. The van der Waals surface area contributed by atoms with E-state index in [2.05, 4.69) is 30.3 Å². The number of hydrogen-bond acceptors (Lipinski definition) is 2. The van der Waals surface area contributed by atoms with Crippen LogP contribution in [-0.2, 0) is 0 Å². The van der Waals surface area contributed by atoms with Crippen molar-refractivity contribution in [2.75, 3.05) is 7.05 Å². The largest absolute Gasteiger partial charge is 0.339 e. The average molecular weight is 299 g/mol. The van der Waals surface area contributed by atoms with Gasteiger partial charge in [0.25, 0.3) is 5.91 Å². The van der Waals surface area contributed by atoms with Crippen molar-refractivity contribution in [2.24, 2.45) is 0 Å². The van der Waals surface area contributed by atoms with Gasteiger partial charge in [0.15, 0.2) is 0 Å². The molecule has 110 valence electrons. The molecule has 1 saturated carbocycles. The first kappa shape index (κ1) is 14.3. The lowest BCUT2D eigenvalue weighted by Gasteiger charge is -2.34. The van der Waals surface area contributed by atoms with Gasteiger partial charge in [0, 0.05) is 18.5 Å². The molecule has 0 N–H and O–H groups in total. The molecular formula is C18H21NOS. The number of amides is 1. The van der Waals surface area contributed by atoms with Crippen molar-refractivity contribution in [1.82, 2.24) is 4.90 Å². The molecule has 0 aliphatic heterocycles. The van der Waals surface area contributed by atoms with E-state index in [9.17, 15) is 4.79 Å². The van der Waals surface area contributed by atoms with Gasteiger partial charge in [0.1, 0.15) is 0 Å². The van der Waals surface area contributed by atoms with E-state index in [0.717, 1.165) is 18.4 Å². The van der Waals surface area contributed by atoms with Crippen molar-refractivity contribution in [3.05, 3.63) is 58.3 Å². The van der Waals surface area contributed by atoms with E-state index in [0.29, 0.717) is 12.0 Å². The van der Waals surface area contributed by atoms with Crippen LogP contribution in [-0.4, -0.2) is 23.9 Å². The summed E-state index contributed by atoms with van der Waals surface area (Å²) in [5, 5.41) is 3.90. The van der Waals surface area contributed by atoms with Crippen LogP contribution in [0.5, 0.6) is 0 Å². The molecule has 0 saturated heterocycles. The molecule has 0 spiro atoms. The lowest BCUT2D eigenvalue weighted by Crippen LogP contribution is -2.39. The fourth-order valence-electron chi connectivity index (χ4n) is 3.28. The van der Waals surface area contributed by atoms with Crippen molar-refractivity contribution in [3.8, 4) is 0 Å². The highest BCUT2D eigenvalue weighted by molar-refractivity contribution is 7.08.